The van der Waals surface area contributed by atoms with E-state index in [0.717, 1.165) is 31.9 Å². The van der Waals surface area contributed by atoms with Crippen molar-refractivity contribution in [3.05, 3.63) is 30.1 Å². The van der Waals surface area contributed by atoms with Gasteiger partial charge >= 0.3 is 0 Å². The highest BCUT2D eigenvalue weighted by atomic mass is 32.2. The van der Waals surface area contributed by atoms with E-state index in [1.165, 1.54) is 12.1 Å². The van der Waals surface area contributed by atoms with Crippen molar-refractivity contribution in [2.24, 2.45) is 4.99 Å². The highest BCUT2D eigenvalue weighted by molar-refractivity contribution is 7.92. The summed E-state index contributed by atoms with van der Waals surface area (Å²) >= 11 is 0. The van der Waals surface area contributed by atoms with E-state index < -0.39 is 14.6 Å². The van der Waals surface area contributed by atoms with Crippen LogP contribution in [0.2, 0.25) is 0 Å². The third kappa shape index (κ3) is 5.09. The Morgan fingerprint density at radius 3 is 2.23 bits per heavy atom. The Labute approximate surface area is 156 Å². The fourth-order valence-corrected chi connectivity index (χ4v) is 3.75. The van der Waals surface area contributed by atoms with Gasteiger partial charge in [0.25, 0.3) is 0 Å². The molecule has 0 amide bonds. The van der Waals surface area contributed by atoms with Gasteiger partial charge in [-0.2, -0.15) is 0 Å². The number of halogens is 1. The molecule has 0 aliphatic carbocycles. The molecule has 6 nitrogen and oxygen atoms in total. The second kappa shape index (κ2) is 8.24. The van der Waals surface area contributed by atoms with Gasteiger partial charge in [0.15, 0.2) is 15.8 Å². The number of rotatable bonds is 4. The number of benzene rings is 1. The van der Waals surface area contributed by atoms with Crippen molar-refractivity contribution >= 4 is 21.5 Å². The zero-order chi connectivity index (χ0) is 19.4. The molecule has 1 aromatic carbocycles. The Morgan fingerprint density at radius 1 is 1.15 bits per heavy atom. The van der Waals surface area contributed by atoms with Crippen LogP contribution in [0.3, 0.4) is 0 Å². The number of nitrogens with zero attached hydrogens (tertiary/aromatic N) is 3. The van der Waals surface area contributed by atoms with E-state index in [2.05, 4.69) is 20.1 Å². The smallest absolute Gasteiger partial charge is 0.193 e. The van der Waals surface area contributed by atoms with E-state index in [9.17, 15) is 12.8 Å². The molecule has 0 unspecified atom stereocenters. The fourth-order valence-electron chi connectivity index (χ4n) is 2.76. The number of sulfone groups is 1. The van der Waals surface area contributed by atoms with Crippen LogP contribution in [0.4, 0.5) is 10.1 Å². The van der Waals surface area contributed by atoms with Crippen LogP contribution in [0.15, 0.2) is 29.3 Å². The average Bonchev–Trinajstić information content (AvgIpc) is 2.59. The summed E-state index contributed by atoms with van der Waals surface area (Å²) in [5.41, 5.74) is 1.00. The zero-order valence-electron chi connectivity index (χ0n) is 16.0. The molecule has 0 spiro atoms. The lowest BCUT2D eigenvalue weighted by Gasteiger charge is -2.37. The maximum Gasteiger partial charge on any atom is 0.193 e. The maximum absolute atomic E-state index is 13.0. The summed E-state index contributed by atoms with van der Waals surface area (Å²) < 4.78 is 36.7. The number of piperazine rings is 1. The molecular formula is C18H29FN4O2S. The molecule has 8 heteroatoms. The van der Waals surface area contributed by atoms with Crippen molar-refractivity contribution in [3.8, 4) is 0 Å². The van der Waals surface area contributed by atoms with Crippen LogP contribution in [0.1, 0.15) is 20.8 Å². The molecule has 1 heterocycles. The van der Waals surface area contributed by atoms with Gasteiger partial charge in [-0.05, 0) is 45.0 Å². The molecule has 0 atom stereocenters. The van der Waals surface area contributed by atoms with Crippen molar-refractivity contribution < 1.29 is 12.8 Å². The molecule has 0 aromatic heterocycles. The summed E-state index contributed by atoms with van der Waals surface area (Å²) in [4.78, 5) is 8.59. The topological polar surface area (TPSA) is 65.0 Å². The lowest BCUT2D eigenvalue weighted by atomic mass is 10.2. The minimum atomic E-state index is -3.16. The summed E-state index contributed by atoms with van der Waals surface area (Å²) in [6.45, 7) is 8.61. The number of nitrogens with one attached hydrogen (secondary N) is 1. The summed E-state index contributed by atoms with van der Waals surface area (Å²) in [5.74, 6) is 0.556. The van der Waals surface area contributed by atoms with E-state index in [-0.39, 0.29) is 11.6 Å². The van der Waals surface area contributed by atoms with Gasteiger partial charge in [0, 0.05) is 45.5 Å². The van der Waals surface area contributed by atoms with E-state index in [4.69, 9.17) is 0 Å². The molecule has 1 saturated heterocycles. The fraction of sp³-hybridized carbons (Fsp3) is 0.611. The number of hydrogen-bond donors (Lipinski definition) is 1. The van der Waals surface area contributed by atoms with Crippen LogP contribution in [-0.4, -0.2) is 69.5 Å². The first-order chi connectivity index (χ1) is 12.1. The van der Waals surface area contributed by atoms with Gasteiger partial charge in [-0.3, -0.25) is 4.99 Å². The highest BCUT2D eigenvalue weighted by Crippen LogP contribution is 2.17. The lowest BCUT2D eigenvalue weighted by Crippen LogP contribution is -2.53. The summed E-state index contributed by atoms with van der Waals surface area (Å²) in [7, 11) is -1.45. The minimum absolute atomic E-state index is 0.0745. The van der Waals surface area contributed by atoms with Crippen LogP contribution in [0.5, 0.6) is 0 Å². The number of hydrogen-bond acceptors (Lipinski definition) is 4. The highest BCUT2D eigenvalue weighted by Gasteiger charge is 2.28. The molecule has 146 valence electrons. The third-order valence-electron chi connectivity index (χ3n) is 4.57. The SMILES string of the molecule is CN=C(NCCS(=O)(=O)C(C)(C)C)N1CCN(c2ccc(F)cc2)CC1. The van der Waals surface area contributed by atoms with Crippen LogP contribution in [0, 0.1) is 5.82 Å². The van der Waals surface area contributed by atoms with E-state index in [1.807, 2.05) is 0 Å². The second-order valence-corrected chi connectivity index (χ2v) is 10.2. The standard InChI is InChI=1S/C18H29FN4O2S/c1-18(2,3)26(24,25)14-9-21-17(20-4)23-12-10-22(11-13-23)16-7-5-15(19)6-8-16/h5-8H,9-14H2,1-4H3,(H,20,21). The lowest BCUT2D eigenvalue weighted by molar-refractivity contribution is 0.373. The van der Waals surface area contributed by atoms with Crippen molar-refractivity contribution in [1.29, 1.82) is 0 Å². The molecule has 26 heavy (non-hydrogen) atoms. The molecule has 1 fully saturated rings. The van der Waals surface area contributed by atoms with Gasteiger partial charge in [-0.1, -0.05) is 0 Å². The van der Waals surface area contributed by atoms with E-state index >= 15 is 0 Å². The molecule has 1 aliphatic rings. The first kappa shape index (κ1) is 20.5. The van der Waals surface area contributed by atoms with Gasteiger partial charge in [-0.25, -0.2) is 12.8 Å². The number of anilines is 1. The normalized spacial score (nSPS) is 16.7. The number of aliphatic imine (C=N–C) groups is 1. The Bertz CT molecular complexity index is 719. The maximum atomic E-state index is 13.0. The quantitative estimate of drug-likeness (QED) is 0.633. The van der Waals surface area contributed by atoms with Crippen LogP contribution < -0.4 is 10.2 Å². The monoisotopic (exact) mass is 384 g/mol. The molecular weight excluding hydrogens is 355 g/mol. The van der Waals surface area contributed by atoms with E-state index in [0.29, 0.717) is 12.5 Å². The van der Waals surface area contributed by atoms with Crippen molar-refractivity contribution in [1.82, 2.24) is 10.2 Å². The van der Waals surface area contributed by atoms with Crippen molar-refractivity contribution in [2.75, 3.05) is 50.4 Å². The summed E-state index contributed by atoms with van der Waals surface area (Å²) in [6, 6.07) is 6.51. The van der Waals surface area contributed by atoms with Crippen LogP contribution in [-0.2, 0) is 9.84 Å². The first-order valence-corrected chi connectivity index (χ1v) is 10.5. The predicted octanol–water partition coefficient (Wildman–Crippen LogP) is 1.74. The van der Waals surface area contributed by atoms with Gasteiger partial charge in [0.05, 0.1) is 10.5 Å². The van der Waals surface area contributed by atoms with Gasteiger partial charge in [-0.15, -0.1) is 0 Å². The predicted molar refractivity (Wildman–Crippen MR) is 105 cm³/mol. The molecule has 1 N–H and O–H groups in total. The van der Waals surface area contributed by atoms with Gasteiger partial charge < -0.3 is 15.1 Å². The number of guanidine groups is 1. The van der Waals surface area contributed by atoms with Crippen LogP contribution >= 0.6 is 0 Å². The second-order valence-electron chi connectivity index (χ2n) is 7.36. The molecule has 1 aromatic rings. The Morgan fingerprint density at radius 2 is 1.73 bits per heavy atom. The van der Waals surface area contributed by atoms with Crippen LogP contribution in [0.25, 0.3) is 0 Å². The Balaban J connectivity index is 1.86. The minimum Gasteiger partial charge on any atom is -0.368 e. The first-order valence-electron chi connectivity index (χ1n) is 8.82. The van der Waals surface area contributed by atoms with Crippen molar-refractivity contribution in [2.45, 2.75) is 25.5 Å². The zero-order valence-corrected chi connectivity index (χ0v) is 16.8. The Kier molecular flexibility index (Phi) is 6.49. The molecule has 0 radical (unpaired) electrons. The molecule has 0 bridgehead atoms. The third-order valence-corrected chi connectivity index (χ3v) is 7.18. The molecule has 0 saturated carbocycles. The van der Waals surface area contributed by atoms with Gasteiger partial charge in [0.2, 0.25) is 0 Å². The average molecular weight is 385 g/mol. The summed E-state index contributed by atoms with van der Waals surface area (Å²) in [5, 5.41) is 3.16. The van der Waals surface area contributed by atoms with Crippen molar-refractivity contribution in [3.63, 3.8) is 0 Å². The molecule has 1 aliphatic heterocycles. The molecule has 2 rings (SSSR count). The van der Waals surface area contributed by atoms with Gasteiger partial charge in [0.1, 0.15) is 5.82 Å². The summed E-state index contributed by atoms with van der Waals surface area (Å²) in [6.07, 6.45) is 0. The largest absolute Gasteiger partial charge is 0.368 e. The Hall–Kier alpha value is -1.83. The van der Waals surface area contributed by atoms with E-state index in [1.54, 1.807) is 40.0 Å².